The highest BCUT2D eigenvalue weighted by molar-refractivity contribution is 7.99. The van der Waals surface area contributed by atoms with Crippen LogP contribution in [0.15, 0.2) is 58.3 Å². The number of nitrogens with zero attached hydrogens (tertiary/aromatic N) is 2. The average Bonchev–Trinajstić information content (AvgIpc) is 2.96. The molecule has 0 fully saturated rings. The number of aromatic nitrogens is 2. The van der Waals surface area contributed by atoms with Crippen LogP contribution in [0.5, 0.6) is 5.88 Å². The van der Waals surface area contributed by atoms with E-state index in [1.165, 1.54) is 16.8 Å². The van der Waals surface area contributed by atoms with Crippen LogP contribution in [0.1, 0.15) is 5.69 Å². The van der Waals surface area contributed by atoms with Crippen LogP contribution >= 0.6 is 46.6 Å². The Bertz CT molecular complexity index is 1100. The lowest BCUT2D eigenvalue weighted by Crippen LogP contribution is -2.14. The largest absolute Gasteiger partial charge is 0.358 e. The van der Waals surface area contributed by atoms with E-state index in [9.17, 15) is 8.42 Å². The van der Waals surface area contributed by atoms with Crippen molar-refractivity contribution >= 4 is 56.7 Å². The molecule has 0 spiro atoms. The van der Waals surface area contributed by atoms with E-state index in [1.807, 2.05) is 6.07 Å². The van der Waals surface area contributed by atoms with Crippen LogP contribution in [0, 0.1) is 6.92 Å². The first kappa shape index (κ1) is 21.3. The van der Waals surface area contributed by atoms with Gasteiger partial charge in [0.05, 0.1) is 22.3 Å². The van der Waals surface area contributed by atoms with Crippen molar-refractivity contribution in [1.29, 1.82) is 0 Å². The van der Waals surface area contributed by atoms with Gasteiger partial charge in [-0.3, -0.25) is 0 Å². The van der Waals surface area contributed by atoms with Crippen molar-refractivity contribution < 1.29 is 12.6 Å². The number of hydrogen-bond acceptors (Lipinski definition) is 5. The minimum Gasteiger partial charge on any atom is -0.358 e. The Morgan fingerprint density at radius 1 is 1.07 bits per heavy atom. The molecule has 0 aliphatic rings. The zero-order valence-electron chi connectivity index (χ0n) is 14.6. The Morgan fingerprint density at radius 2 is 1.86 bits per heavy atom. The molecule has 0 bridgehead atoms. The Labute approximate surface area is 182 Å². The third-order valence-electron chi connectivity index (χ3n) is 3.61. The van der Waals surface area contributed by atoms with Crippen molar-refractivity contribution in [3.05, 3.63) is 69.3 Å². The summed E-state index contributed by atoms with van der Waals surface area (Å²) in [5.41, 5.74) is 0.649. The van der Waals surface area contributed by atoms with Gasteiger partial charge in [-0.25, -0.2) is 4.68 Å². The summed E-state index contributed by atoms with van der Waals surface area (Å²) in [7, 11) is -4.02. The maximum absolute atomic E-state index is 12.5. The first-order chi connectivity index (χ1) is 13.2. The molecule has 0 aliphatic heterocycles. The molecule has 0 atom stereocenters. The fraction of sp³-hybridized carbons (Fsp3) is 0.167. The molecular weight excluding hydrogens is 463 g/mol. The summed E-state index contributed by atoms with van der Waals surface area (Å²) in [6.45, 7) is 2.21. The number of halogens is 3. The van der Waals surface area contributed by atoms with Gasteiger partial charge in [0.25, 0.3) is 0 Å². The van der Waals surface area contributed by atoms with Crippen molar-refractivity contribution in [2.45, 2.75) is 23.3 Å². The van der Waals surface area contributed by atoms with Crippen LogP contribution in [0.25, 0.3) is 0 Å². The molecule has 148 valence electrons. The SMILES string of the molecule is Cc1cc(OS(=O)(=O)c2cccc(Cl)c2)n(CCSc2ccc(Cl)c(Cl)c2)n1. The van der Waals surface area contributed by atoms with E-state index in [4.69, 9.17) is 39.0 Å². The maximum atomic E-state index is 12.5. The molecule has 0 saturated heterocycles. The fourth-order valence-electron chi connectivity index (χ4n) is 2.35. The predicted octanol–water partition coefficient (Wildman–Crippen LogP) is 5.71. The van der Waals surface area contributed by atoms with Gasteiger partial charge in [-0.2, -0.15) is 13.5 Å². The van der Waals surface area contributed by atoms with Gasteiger partial charge in [0.15, 0.2) is 0 Å². The Balaban J connectivity index is 1.71. The first-order valence-electron chi connectivity index (χ1n) is 8.07. The lowest BCUT2D eigenvalue weighted by Gasteiger charge is -2.10. The summed E-state index contributed by atoms with van der Waals surface area (Å²) in [5.74, 6) is 0.777. The molecule has 5 nitrogen and oxygen atoms in total. The van der Waals surface area contributed by atoms with E-state index in [0.717, 1.165) is 4.90 Å². The normalized spacial score (nSPS) is 11.6. The van der Waals surface area contributed by atoms with Crippen molar-refractivity contribution in [3.63, 3.8) is 0 Å². The summed E-state index contributed by atoms with van der Waals surface area (Å²) in [6, 6.07) is 12.9. The lowest BCUT2D eigenvalue weighted by molar-refractivity contribution is 0.445. The molecule has 1 heterocycles. The number of aryl methyl sites for hydroxylation is 2. The third-order valence-corrected chi connectivity index (χ3v) is 6.78. The van der Waals surface area contributed by atoms with Crippen molar-refractivity contribution in [3.8, 4) is 5.88 Å². The fourth-order valence-corrected chi connectivity index (χ4v) is 4.80. The van der Waals surface area contributed by atoms with Gasteiger partial charge < -0.3 is 4.18 Å². The molecule has 28 heavy (non-hydrogen) atoms. The molecule has 3 rings (SSSR count). The average molecular weight is 478 g/mol. The standard InChI is InChI=1S/C18H15Cl3N2O3S2/c1-12-9-18(26-28(24,25)15-4-2-3-13(19)10-15)23(22-12)7-8-27-14-5-6-16(20)17(21)11-14/h2-6,9-11H,7-8H2,1H3. The highest BCUT2D eigenvalue weighted by atomic mass is 35.5. The summed E-state index contributed by atoms with van der Waals surface area (Å²) >= 11 is 19.4. The van der Waals surface area contributed by atoms with Crippen LogP contribution in [-0.4, -0.2) is 24.0 Å². The second kappa shape index (κ2) is 8.97. The summed E-state index contributed by atoms with van der Waals surface area (Å²) in [6.07, 6.45) is 0. The van der Waals surface area contributed by atoms with Gasteiger partial charge in [0.2, 0.25) is 5.88 Å². The molecule has 0 saturated carbocycles. The summed E-state index contributed by atoms with van der Waals surface area (Å²) < 4.78 is 31.9. The number of hydrogen-bond donors (Lipinski definition) is 0. The predicted molar refractivity (Wildman–Crippen MR) is 113 cm³/mol. The van der Waals surface area contributed by atoms with Crippen LogP contribution < -0.4 is 4.18 Å². The van der Waals surface area contributed by atoms with E-state index >= 15 is 0 Å². The van der Waals surface area contributed by atoms with Gasteiger partial charge in [-0.15, -0.1) is 11.8 Å². The topological polar surface area (TPSA) is 61.2 Å². The van der Waals surface area contributed by atoms with E-state index in [1.54, 1.807) is 49.0 Å². The molecular formula is C18H15Cl3N2O3S2. The van der Waals surface area contributed by atoms with Gasteiger partial charge in [0, 0.05) is 21.7 Å². The second-order valence-electron chi connectivity index (χ2n) is 5.77. The Morgan fingerprint density at radius 3 is 2.57 bits per heavy atom. The van der Waals surface area contributed by atoms with Gasteiger partial charge >= 0.3 is 10.1 Å². The molecule has 10 heteroatoms. The second-order valence-corrected chi connectivity index (χ2v) is 9.73. The molecule has 0 unspecified atom stereocenters. The van der Waals surface area contributed by atoms with Crippen LogP contribution in [0.4, 0.5) is 0 Å². The van der Waals surface area contributed by atoms with Crippen molar-refractivity contribution in [2.24, 2.45) is 0 Å². The minimum atomic E-state index is -4.02. The molecule has 1 aromatic heterocycles. The van der Waals surface area contributed by atoms with Crippen LogP contribution in [0.3, 0.4) is 0 Å². The number of thioether (sulfide) groups is 1. The quantitative estimate of drug-likeness (QED) is 0.322. The van der Waals surface area contributed by atoms with Crippen LogP contribution in [0.2, 0.25) is 15.1 Å². The Hall–Kier alpha value is -1.38. The number of benzene rings is 2. The highest BCUT2D eigenvalue weighted by Gasteiger charge is 2.20. The minimum absolute atomic E-state index is 0.0180. The van der Waals surface area contributed by atoms with E-state index in [2.05, 4.69) is 5.10 Å². The van der Waals surface area contributed by atoms with Gasteiger partial charge in [-0.1, -0.05) is 40.9 Å². The van der Waals surface area contributed by atoms with Crippen molar-refractivity contribution in [1.82, 2.24) is 9.78 Å². The van der Waals surface area contributed by atoms with E-state index < -0.39 is 10.1 Å². The smallest absolute Gasteiger partial charge is 0.340 e. The number of rotatable bonds is 7. The van der Waals surface area contributed by atoms with E-state index in [-0.39, 0.29) is 10.8 Å². The zero-order chi connectivity index (χ0) is 20.3. The third kappa shape index (κ3) is 5.36. The van der Waals surface area contributed by atoms with E-state index in [0.29, 0.717) is 33.1 Å². The Kier molecular flexibility index (Phi) is 6.83. The summed E-state index contributed by atoms with van der Waals surface area (Å²) in [4.78, 5) is 0.933. The molecule has 2 aromatic carbocycles. The molecule has 0 radical (unpaired) electrons. The van der Waals surface area contributed by atoms with Gasteiger partial charge in [-0.05, 0) is 43.3 Å². The van der Waals surface area contributed by atoms with Gasteiger partial charge in [0.1, 0.15) is 4.90 Å². The first-order valence-corrected chi connectivity index (χ1v) is 11.6. The zero-order valence-corrected chi connectivity index (χ0v) is 18.5. The maximum Gasteiger partial charge on any atom is 0.340 e. The monoisotopic (exact) mass is 476 g/mol. The van der Waals surface area contributed by atoms with Crippen LogP contribution in [-0.2, 0) is 16.7 Å². The molecule has 0 N–H and O–H groups in total. The van der Waals surface area contributed by atoms with Crippen molar-refractivity contribution in [2.75, 3.05) is 5.75 Å². The molecule has 0 aliphatic carbocycles. The molecule has 0 amide bonds. The molecule has 3 aromatic rings. The summed E-state index contributed by atoms with van der Waals surface area (Å²) in [5, 5.41) is 5.60. The lowest BCUT2D eigenvalue weighted by atomic mass is 10.4. The highest BCUT2D eigenvalue weighted by Crippen LogP contribution is 2.28.